The van der Waals surface area contributed by atoms with Crippen LogP contribution in [0.2, 0.25) is 0 Å². The third-order valence-corrected chi connectivity index (χ3v) is 1.80. The number of nitrogens with zero attached hydrogens (tertiary/aromatic N) is 1. The van der Waals surface area contributed by atoms with Crippen LogP contribution < -0.4 is 10.9 Å². The highest BCUT2D eigenvalue weighted by Crippen LogP contribution is 1.95. The molecule has 90 valence electrons. The van der Waals surface area contributed by atoms with Gasteiger partial charge in [-0.1, -0.05) is 44.2 Å². The van der Waals surface area contributed by atoms with E-state index < -0.39 is 0 Å². The molecule has 0 atom stereocenters. The summed E-state index contributed by atoms with van der Waals surface area (Å²) in [5.74, 6) is 0.920. The topological polar surface area (TPSA) is 36.4 Å². The fourth-order valence-corrected chi connectivity index (χ4v) is 1.15. The van der Waals surface area contributed by atoms with Crippen molar-refractivity contribution in [2.45, 2.75) is 34.2 Å². The zero-order valence-corrected chi connectivity index (χ0v) is 10.7. The fraction of sp³-hybridized carbons (Fsp3) is 0.462. The molecule has 0 amide bonds. The molecule has 3 heteroatoms. The zero-order chi connectivity index (χ0) is 12.2. The lowest BCUT2D eigenvalue weighted by Crippen LogP contribution is -2.35. The van der Waals surface area contributed by atoms with E-state index in [1.54, 1.807) is 0 Å². The number of rotatable bonds is 4. The molecule has 0 aliphatic carbocycles. The summed E-state index contributed by atoms with van der Waals surface area (Å²) in [5, 5.41) is 0. The van der Waals surface area contributed by atoms with E-state index in [9.17, 15) is 0 Å². The van der Waals surface area contributed by atoms with Crippen LogP contribution in [0.1, 0.15) is 33.3 Å². The number of hydrazine groups is 1. The van der Waals surface area contributed by atoms with Crippen LogP contribution in [0.3, 0.4) is 0 Å². The predicted octanol–water partition coefficient (Wildman–Crippen LogP) is 2.75. The average molecular weight is 221 g/mol. The molecule has 0 aliphatic rings. The van der Waals surface area contributed by atoms with Crippen molar-refractivity contribution < 1.29 is 0 Å². The van der Waals surface area contributed by atoms with Crippen LogP contribution in [-0.2, 0) is 6.54 Å². The van der Waals surface area contributed by atoms with Crippen molar-refractivity contribution in [1.82, 2.24) is 10.9 Å². The van der Waals surface area contributed by atoms with E-state index in [4.69, 9.17) is 0 Å². The van der Waals surface area contributed by atoms with Gasteiger partial charge in [0.2, 0.25) is 0 Å². The summed E-state index contributed by atoms with van der Waals surface area (Å²) < 4.78 is 0. The summed E-state index contributed by atoms with van der Waals surface area (Å²) in [4.78, 5) is 4.20. The highest BCUT2D eigenvalue weighted by molar-refractivity contribution is 5.78. The second-order valence-electron chi connectivity index (χ2n) is 3.02. The minimum absolute atomic E-state index is 0.803. The summed E-state index contributed by atoms with van der Waals surface area (Å²) in [6.45, 7) is 9.58. The molecule has 2 N–H and O–H groups in total. The molecule has 0 unspecified atom stereocenters. The molecule has 1 rings (SSSR count). The third-order valence-electron chi connectivity index (χ3n) is 1.80. The van der Waals surface area contributed by atoms with Gasteiger partial charge in [-0.05, 0) is 19.4 Å². The van der Waals surface area contributed by atoms with E-state index in [1.807, 2.05) is 45.9 Å². The van der Waals surface area contributed by atoms with Crippen molar-refractivity contribution in [2.75, 3.05) is 6.54 Å². The van der Waals surface area contributed by atoms with Gasteiger partial charge in [0, 0.05) is 13.1 Å². The van der Waals surface area contributed by atoms with Crippen molar-refractivity contribution >= 4 is 5.84 Å². The molecule has 0 heterocycles. The maximum absolute atomic E-state index is 4.20. The summed E-state index contributed by atoms with van der Waals surface area (Å²) in [5.41, 5.74) is 7.39. The Morgan fingerprint density at radius 3 is 2.38 bits per heavy atom. The lowest BCUT2D eigenvalue weighted by Gasteiger charge is -2.07. The van der Waals surface area contributed by atoms with Crippen LogP contribution in [0.25, 0.3) is 0 Å². The van der Waals surface area contributed by atoms with E-state index >= 15 is 0 Å². The number of amidine groups is 1. The summed E-state index contributed by atoms with van der Waals surface area (Å²) in [6, 6.07) is 10.2. The zero-order valence-electron chi connectivity index (χ0n) is 10.7. The normalized spacial score (nSPS) is 10.4. The first-order valence-electron chi connectivity index (χ1n) is 5.86. The summed E-state index contributed by atoms with van der Waals surface area (Å²) in [6.07, 6.45) is 0. The van der Waals surface area contributed by atoms with Gasteiger partial charge in [-0.25, -0.2) is 5.43 Å². The van der Waals surface area contributed by atoms with Gasteiger partial charge in [0.1, 0.15) is 5.84 Å². The summed E-state index contributed by atoms with van der Waals surface area (Å²) in [7, 11) is 0. The standard InChI is InChI=1S/C11H17N3.C2H6/c1-3-12-10(2)14-13-9-11-7-5-4-6-8-11;1-2/h4-8,13H,3,9H2,1-2H3,(H,12,14);1-2H3. The van der Waals surface area contributed by atoms with Crippen LogP contribution in [0, 0.1) is 0 Å². The quantitative estimate of drug-likeness (QED) is 0.466. The number of aliphatic imine (C=N–C) groups is 1. The Kier molecular flexibility index (Phi) is 9.32. The molecule has 16 heavy (non-hydrogen) atoms. The molecular formula is C13H23N3. The van der Waals surface area contributed by atoms with Crippen LogP contribution in [0.5, 0.6) is 0 Å². The monoisotopic (exact) mass is 221 g/mol. The maximum Gasteiger partial charge on any atom is 0.107 e. The number of nitrogens with one attached hydrogen (secondary N) is 2. The van der Waals surface area contributed by atoms with Gasteiger partial charge < -0.3 is 5.43 Å². The molecule has 0 aliphatic heterocycles. The van der Waals surface area contributed by atoms with Gasteiger partial charge in [0.05, 0.1) is 0 Å². The Labute approximate surface area is 99.0 Å². The fourth-order valence-electron chi connectivity index (χ4n) is 1.15. The minimum atomic E-state index is 0.803. The van der Waals surface area contributed by atoms with Crippen molar-refractivity contribution in [3.05, 3.63) is 35.9 Å². The van der Waals surface area contributed by atoms with Gasteiger partial charge >= 0.3 is 0 Å². The number of hydrogen-bond acceptors (Lipinski definition) is 2. The van der Waals surface area contributed by atoms with Crippen molar-refractivity contribution in [1.29, 1.82) is 0 Å². The lowest BCUT2D eigenvalue weighted by atomic mass is 10.2. The molecule has 3 nitrogen and oxygen atoms in total. The maximum atomic E-state index is 4.20. The smallest absolute Gasteiger partial charge is 0.107 e. The molecule has 0 radical (unpaired) electrons. The van der Waals surface area contributed by atoms with E-state index in [-0.39, 0.29) is 0 Å². The van der Waals surface area contributed by atoms with Crippen molar-refractivity contribution in [3.8, 4) is 0 Å². The van der Waals surface area contributed by atoms with E-state index in [0.29, 0.717) is 0 Å². The van der Waals surface area contributed by atoms with Gasteiger partial charge in [-0.15, -0.1) is 0 Å². The Morgan fingerprint density at radius 2 is 1.81 bits per heavy atom. The van der Waals surface area contributed by atoms with Gasteiger partial charge in [0.25, 0.3) is 0 Å². The molecule has 0 aromatic heterocycles. The molecule has 0 saturated heterocycles. The summed E-state index contributed by atoms with van der Waals surface area (Å²) >= 11 is 0. The van der Waals surface area contributed by atoms with E-state index in [1.165, 1.54) is 5.56 Å². The van der Waals surface area contributed by atoms with E-state index in [0.717, 1.165) is 18.9 Å². The SMILES string of the molecule is CC.CCN=C(C)NNCc1ccccc1. The molecular weight excluding hydrogens is 198 g/mol. The Morgan fingerprint density at radius 1 is 1.19 bits per heavy atom. The molecule has 0 bridgehead atoms. The van der Waals surface area contributed by atoms with E-state index in [2.05, 4.69) is 28.0 Å². The van der Waals surface area contributed by atoms with Crippen molar-refractivity contribution in [2.24, 2.45) is 4.99 Å². The minimum Gasteiger partial charge on any atom is -0.310 e. The lowest BCUT2D eigenvalue weighted by molar-refractivity contribution is 0.649. The van der Waals surface area contributed by atoms with Crippen LogP contribution in [0.4, 0.5) is 0 Å². The van der Waals surface area contributed by atoms with Crippen LogP contribution >= 0.6 is 0 Å². The average Bonchev–Trinajstić information content (AvgIpc) is 2.33. The van der Waals surface area contributed by atoms with Crippen LogP contribution in [-0.4, -0.2) is 12.4 Å². The largest absolute Gasteiger partial charge is 0.310 e. The molecule has 1 aromatic rings. The molecule has 0 fully saturated rings. The third kappa shape index (κ3) is 7.01. The first kappa shape index (κ1) is 14.6. The molecule has 0 spiro atoms. The van der Waals surface area contributed by atoms with Gasteiger partial charge in [0.15, 0.2) is 0 Å². The Hall–Kier alpha value is -1.35. The molecule has 1 aromatic carbocycles. The van der Waals surface area contributed by atoms with Crippen LogP contribution in [0.15, 0.2) is 35.3 Å². The Bertz CT molecular complexity index is 280. The predicted molar refractivity (Wildman–Crippen MR) is 71.4 cm³/mol. The second kappa shape index (κ2) is 10.2. The number of hydrogen-bond donors (Lipinski definition) is 2. The van der Waals surface area contributed by atoms with Crippen molar-refractivity contribution in [3.63, 3.8) is 0 Å². The second-order valence-corrected chi connectivity index (χ2v) is 3.02. The Balaban J connectivity index is 0.00000106. The van der Waals surface area contributed by atoms with Gasteiger partial charge in [-0.3, -0.25) is 4.99 Å². The number of benzene rings is 1. The van der Waals surface area contributed by atoms with Gasteiger partial charge in [-0.2, -0.15) is 0 Å². The first-order valence-corrected chi connectivity index (χ1v) is 5.86. The molecule has 0 saturated carbocycles. The highest BCUT2D eigenvalue weighted by Gasteiger charge is 1.90. The first-order chi connectivity index (χ1) is 7.83. The highest BCUT2D eigenvalue weighted by atomic mass is 15.4.